The fourth-order valence-corrected chi connectivity index (χ4v) is 3.62. The van der Waals surface area contributed by atoms with Crippen LogP contribution in [0.2, 0.25) is 0 Å². The van der Waals surface area contributed by atoms with E-state index in [1.807, 2.05) is 36.4 Å². The largest absolute Gasteiger partial charge is 0.423 e. The summed E-state index contributed by atoms with van der Waals surface area (Å²) in [5.41, 5.74) is 4.38. The van der Waals surface area contributed by atoms with Gasteiger partial charge in [-0.2, -0.15) is 0 Å². The Morgan fingerprint density at radius 3 is 1.30 bits per heavy atom. The minimum absolute atomic E-state index is 0.333. The SMILES string of the molecule is C=CC(=O)Oc1ccc(C#Cc2ccc(-c3ccc(C#Cc4ccc(OC(=O)C=C)cc4)cc3OC(=O)C=C)cc2)cc1. The van der Waals surface area contributed by atoms with Gasteiger partial charge in [0.05, 0.1) is 0 Å². The van der Waals surface area contributed by atoms with E-state index in [2.05, 4.69) is 43.4 Å². The Hall–Kier alpha value is -6.37. The quantitative estimate of drug-likeness (QED) is 0.111. The second-order valence-corrected chi connectivity index (χ2v) is 8.71. The number of carbonyl (C=O) groups excluding carboxylic acids is 3. The van der Waals surface area contributed by atoms with Gasteiger partial charge in [0.15, 0.2) is 0 Å². The lowest BCUT2D eigenvalue weighted by molar-refractivity contribution is -0.129. The zero-order valence-electron chi connectivity index (χ0n) is 23.0. The molecule has 6 heteroatoms. The van der Waals surface area contributed by atoms with Gasteiger partial charge < -0.3 is 14.2 Å². The summed E-state index contributed by atoms with van der Waals surface area (Å²) < 4.78 is 15.7. The van der Waals surface area contributed by atoms with Gasteiger partial charge in [0.2, 0.25) is 0 Å². The molecule has 0 unspecified atom stereocenters. The van der Waals surface area contributed by atoms with Gasteiger partial charge in [-0.25, -0.2) is 14.4 Å². The van der Waals surface area contributed by atoms with Crippen LogP contribution in [0.5, 0.6) is 17.2 Å². The van der Waals surface area contributed by atoms with Crippen molar-refractivity contribution in [3.8, 4) is 52.1 Å². The zero-order chi connectivity index (χ0) is 30.6. The molecule has 0 radical (unpaired) electrons. The Labute approximate surface area is 249 Å². The van der Waals surface area contributed by atoms with Gasteiger partial charge in [0, 0.05) is 46.0 Å². The molecule has 4 rings (SSSR count). The van der Waals surface area contributed by atoms with Crippen LogP contribution in [0, 0.1) is 23.7 Å². The molecule has 4 aromatic rings. The topological polar surface area (TPSA) is 78.9 Å². The highest BCUT2D eigenvalue weighted by atomic mass is 16.5. The van der Waals surface area contributed by atoms with Crippen LogP contribution in [0.3, 0.4) is 0 Å². The zero-order valence-corrected chi connectivity index (χ0v) is 23.0. The summed E-state index contributed by atoms with van der Waals surface area (Å²) in [6.07, 6.45) is 3.28. The molecule has 43 heavy (non-hydrogen) atoms. The van der Waals surface area contributed by atoms with Crippen molar-refractivity contribution in [3.05, 3.63) is 151 Å². The van der Waals surface area contributed by atoms with Crippen molar-refractivity contribution < 1.29 is 28.6 Å². The lowest BCUT2D eigenvalue weighted by Gasteiger charge is -2.10. The van der Waals surface area contributed by atoms with Crippen LogP contribution in [0.1, 0.15) is 22.3 Å². The average Bonchev–Trinajstić information content (AvgIpc) is 3.04. The number of hydrogen-bond acceptors (Lipinski definition) is 6. The van der Waals surface area contributed by atoms with Crippen molar-refractivity contribution in [2.24, 2.45) is 0 Å². The van der Waals surface area contributed by atoms with E-state index in [1.54, 1.807) is 54.6 Å². The molecule has 0 spiro atoms. The van der Waals surface area contributed by atoms with Crippen LogP contribution < -0.4 is 14.2 Å². The van der Waals surface area contributed by atoms with Gasteiger partial charge in [-0.15, -0.1) is 0 Å². The molecule has 0 heterocycles. The third-order valence-electron chi connectivity index (χ3n) is 5.74. The molecule has 4 aromatic carbocycles. The summed E-state index contributed by atoms with van der Waals surface area (Å²) in [6, 6.07) is 26.4. The number of hydrogen-bond donors (Lipinski definition) is 0. The van der Waals surface area contributed by atoms with Crippen LogP contribution in [-0.4, -0.2) is 17.9 Å². The maximum Gasteiger partial charge on any atom is 0.335 e. The minimum Gasteiger partial charge on any atom is -0.423 e. The van der Waals surface area contributed by atoms with E-state index < -0.39 is 17.9 Å². The summed E-state index contributed by atoms with van der Waals surface area (Å²) >= 11 is 0. The number of benzene rings is 4. The van der Waals surface area contributed by atoms with Crippen molar-refractivity contribution in [3.63, 3.8) is 0 Å². The summed E-state index contributed by atoms with van der Waals surface area (Å²) in [6.45, 7) is 10.2. The summed E-state index contributed by atoms with van der Waals surface area (Å²) in [5.74, 6) is 11.8. The van der Waals surface area contributed by atoms with Crippen LogP contribution in [0.25, 0.3) is 11.1 Å². The Bertz CT molecular complexity index is 1820. The van der Waals surface area contributed by atoms with E-state index in [-0.39, 0.29) is 0 Å². The Morgan fingerprint density at radius 2 is 0.860 bits per heavy atom. The van der Waals surface area contributed by atoms with E-state index in [9.17, 15) is 14.4 Å². The molecule has 0 aromatic heterocycles. The van der Waals surface area contributed by atoms with Gasteiger partial charge in [-0.05, 0) is 84.4 Å². The van der Waals surface area contributed by atoms with Gasteiger partial charge >= 0.3 is 17.9 Å². The molecule has 208 valence electrons. The van der Waals surface area contributed by atoms with Gasteiger partial charge in [0.1, 0.15) is 17.2 Å². The normalized spacial score (nSPS) is 9.58. The number of ether oxygens (including phenoxy) is 3. The fraction of sp³-hybridized carbons (Fsp3) is 0. The molecule has 6 nitrogen and oxygen atoms in total. The molecule has 0 N–H and O–H groups in total. The molecule has 0 fully saturated rings. The predicted molar refractivity (Wildman–Crippen MR) is 164 cm³/mol. The lowest BCUT2D eigenvalue weighted by Crippen LogP contribution is -2.04. The van der Waals surface area contributed by atoms with Gasteiger partial charge in [-0.3, -0.25) is 0 Å². The van der Waals surface area contributed by atoms with E-state index in [0.717, 1.165) is 34.9 Å². The Balaban J connectivity index is 1.52. The second kappa shape index (κ2) is 14.3. The third-order valence-corrected chi connectivity index (χ3v) is 5.74. The van der Waals surface area contributed by atoms with Gasteiger partial charge in [-0.1, -0.05) is 55.6 Å². The van der Waals surface area contributed by atoms with E-state index in [4.69, 9.17) is 14.2 Å². The van der Waals surface area contributed by atoms with Gasteiger partial charge in [0.25, 0.3) is 0 Å². The first-order valence-electron chi connectivity index (χ1n) is 12.9. The summed E-state index contributed by atoms with van der Waals surface area (Å²) in [7, 11) is 0. The lowest BCUT2D eigenvalue weighted by atomic mass is 10.0. The van der Waals surface area contributed by atoms with Crippen LogP contribution in [-0.2, 0) is 14.4 Å². The Kier molecular flexibility index (Phi) is 9.86. The number of rotatable bonds is 7. The summed E-state index contributed by atoms with van der Waals surface area (Å²) in [4.78, 5) is 34.8. The molecular weight excluding hydrogens is 540 g/mol. The highest BCUT2D eigenvalue weighted by Crippen LogP contribution is 2.31. The monoisotopic (exact) mass is 564 g/mol. The summed E-state index contributed by atoms with van der Waals surface area (Å²) in [5, 5.41) is 0. The Morgan fingerprint density at radius 1 is 0.488 bits per heavy atom. The van der Waals surface area contributed by atoms with E-state index in [0.29, 0.717) is 33.9 Å². The molecule has 0 aliphatic heterocycles. The molecule has 0 aliphatic rings. The molecule has 0 amide bonds. The van der Waals surface area contributed by atoms with Crippen LogP contribution in [0.4, 0.5) is 0 Å². The highest BCUT2D eigenvalue weighted by molar-refractivity contribution is 5.86. The molecule has 0 saturated heterocycles. The smallest absolute Gasteiger partial charge is 0.335 e. The van der Waals surface area contributed by atoms with Crippen molar-refractivity contribution in [2.75, 3.05) is 0 Å². The van der Waals surface area contributed by atoms with Crippen LogP contribution >= 0.6 is 0 Å². The average molecular weight is 565 g/mol. The fourth-order valence-electron chi connectivity index (χ4n) is 3.62. The van der Waals surface area contributed by atoms with Crippen molar-refractivity contribution >= 4 is 17.9 Å². The van der Waals surface area contributed by atoms with E-state index in [1.165, 1.54) is 0 Å². The maximum absolute atomic E-state index is 12.1. The number of esters is 3. The van der Waals surface area contributed by atoms with Crippen molar-refractivity contribution in [1.29, 1.82) is 0 Å². The maximum atomic E-state index is 12.1. The van der Waals surface area contributed by atoms with Crippen molar-refractivity contribution in [2.45, 2.75) is 0 Å². The minimum atomic E-state index is -0.594. The number of carbonyl (C=O) groups is 3. The first-order chi connectivity index (χ1) is 20.9. The first-order valence-corrected chi connectivity index (χ1v) is 12.9. The van der Waals surface area contributed by atoms with Crippen LogP contribution in [0.15, 0.2) is 129 Å². The predicted octanol–water partition coefficient (Wildman–Crippen LogP) is 6.43. The first kappa shape index (κ1) is 29.6. The molecule has 0 aliphatic carbocycles. The third kappa shape index (κ3) is 8.56. The molecule has 0 saturated carbocycles. The van der Waals surface area contributed by atoms with Crippen molar-refractivity contribution in [1.82, 2.24) is 0 Å². The highest BCUT2D eigenvalue weighted by Gasteiger charge is 2.11. The molecule has 0 bridgehead atoms. The molecule has 0 atom stereocenters. The van der Waals surface area contributed by atoms with E-state index >= 15 is 0 Å². The standard InChI is InChI=1S/C37H24O6/c1-4-35(38)41-31-20-13-27(14-21-31)8-7-26-11-18-30(19-12-26)33-24-17-29(25-34(33)43-37(40)6-3)10-9-28-15-22-32(23-16-28)42-36(39)5-2/h4-6,11-25H,1-3H2. The second-order valence-electron chi connectivity index (χ2n) is 8.71. The molecular formula is C37H24O6.